The van der Waals surface area contributed by atoms with Crippen LogP contribution in [-0.4, -0.2) is 29.3 Å². The fourth-order valence-electron chi connectivity index (χ4n) is 4.95. The summed E-state index contributed by atoms with van der Waals surface area (Å²) in [5.74, 6) is -0.0485. The van der Waals surface area contributed by atoms with Crippen molar-refractivity contribution in [3.05, 3.63) is 95.0 Å². The number of carbonyl (C=O) groups excluding carboxylic acids is 2. The predicted molar refractivity (Wildman–Crippen MR) is 128 cm³/mol. The van der Waals surface area contributed by atoms with Crippen LogP contribution < -0.4 is 5.32 Å². The van der Waals surface area contributed by atoms with Crippen LogP contribution in [0.15, 0.2) is 80.9 Å². The van der Waals surface area contributed by atoms with E-state index in [1.54, 1.807) is 30.3 Å². The number of benzene rings is 3. The van der Waals surface area contributed by atoms with Gasteiger partial charge in [-0.25, -0.2) is 4.39 Å². The highest BCUT2D eigenvalue weighted by Crippen LogP contribution is 2.39. The number of rotatable bonds is 4. The van der Waals surface area contributed by atoms with Crippen LogP contribution in [0.2, 0.25) is 0 Å². The number of halogens is 1. The van der Waals surface area contributed by atoms with Crippen molar-refractivity contribution in [3.63, 3.8) is 0 Å². The zero-order chi connectivity index (χ0) is 23.4. The number of hydrogen-bond donors (Lipinski definition) is 1. The van der Waals surface area contributed by atoms with Gasteiger partial charge in [0.05, 0.1) is 23.2 Å². The number of amides is 2. The summed E-state index contributed by atoms with van der Waals surface area (Å²) in [5, 5.41) is 4.48. The summed E-state index contributed by atoms with van der Waals surface area (Å²) >= 11 is 1.47. The lowest BCUT2D eigenvalue weighted by Crippen LogP contribution is -2.47. The Labute approximate surface area is 199 Å². The molecule has 0 fully saturated rings. The molecule has 0 saturated carbocycles. The molecule has 2 amide bonds. The molecule has 2 atom stereocenters. The Hall–Kier alpha value is -3.42. The first-order chi connectivity index (χ1) is 16.5. The lowest BCUT2D eigenvalue weighted by molar-refractivity contribution is 0.0552. The van der Waals surface area contributed by atoms with Gasteiger partial charge in [0, 0.05) is 27.3 Å². The monoisotopic (exact) mass is 472 g/mol. The molecule has 3 aromatic carbocycles. The van der Waals surface area contributed by atoms with Gasteiger partial charge < -0.3 is 9.73 Å². The molecule has 1 N–H and O–H groups in total. The molecule has 3 heterocycles. The van der Waals surface area contributed by atoms with Crippen LogP contribution in [-0.2, 0) is 6.42 Å². The molecule has 4 aromatic rings. The fourth-order valence-corrected chi connectivity index (χ4v) is 5.84. The second kappa shape index (κ2) is 8.11. The SMILES string of the molecule is CC(C1NCCc2c1oc1cc(Sc3cccc(F)c3)ccc21)N1C(=O)c2ccccc2C1=O. The summed E-state index contributed by atoms with van der Waals surface area (Å²) in [6.45, 7) is 2.60. The van der Waals surface area contributed by atoms with Crippen molar-refractivity contribution in [3.8, 4) is 0 Å². The zero-order valence-corrected chi connectivity index (χ0v) is 19.2. The number of fused-ring (bicyclic) bond motifs is 4. The van der Waals surface area contributed by atoms with Crippen molar-refractivity contribution >= 4 is 34.5 Å². The van der Waals surface area contributed by atoms with Gasteiger partial charge in [-0.05, 0) is 61.9 Å². The second-order valence-corrected chi connectivity index (χ2v) is 9.76. The van der Waals surface area contributed by atoms with Crippen LogP contribution in [0.25, 0.3) is 11.0 Å². The molecule has 5 nitrogen and oxygen atoms in total. The zero-order valence-electron chi connectivity index (χ0n) is 18.4. The van der Waals surface area contributed by atoms with Crippen molar-refractivity contribution in [2.45, 2.75) is 35.2 Å². The third-order valence-electron chi connectivity index (χ3n) is 6.56. The molecular weight excluding hydrogens is 451 g/mol. The second-order valence-electron chi connectivity index (χ2n) is 8.61. The molecule has 7 heteroatoms. The van der Waals surface area contributed by atoms with E-state index >= 15 is 0 Å². The highest BCUT2D eigenvalue weighted by atomic mass is 32.2. The Bertz CT molecular complexity index is 1430. The molecule has 6 rings (SSSR count). The van der Waals surface area contributed by atoms with Gasteiger partial charge in [-0.1, -0.05) is 30.0 Å². The molecule has 2 aliphatic rings. The third kappa shape index (κ3) is 3.35. The van der Waals surface area contributed by atoms with Crippen LogP contribution in [0.4, 0.5) is 4.39 Å². The average molecular weight is 473 g/mol. The van der Waals surface area contributed by atoms with Crippen molar-refractivity contribution in [2.24, 2.45) is 0 Å². The topological polar surface area (TPSA) is 62.6 Å². The summed E-state index contributed by atoms with van der Waals surface area (Å²) in [4.78, 5) is 29.2. The maximum Gasteiger partial charge on any atom is 0.261 e. The van der Waals surface area contributed by atoms with Crippen LogP contribution in [0.3, 0.4) is 0 Å². The Balaban J connectivity index is 1.33. The molecule has 170 valence electrons. The standard InChI is InChI=1S/C27H21FN2O3S/c1-15(30-26(31)21-7-2-3-8-22(21)27(30)32)24-25-20(11-12-29-24)19-10-9-18(14-23(19)33-25)34-17-6-4-5-16(28)13-17/h2-10,13-15,24,29H,11-12H2,1H3. The van der Waals surface area contributed by atoms with Gasteiger partial charge in [0.2, 0.25) is 0 Å². The summed E-state index contributed by atoms with van der Waals surface area (Å²) in [5.41, 5.74) is 2.73. The quantitative estimate of drug-likeness (QED) is 0.392. The van der Waals surface area contributed by atoms with E-state index in [1.807, 2.05) is 31.2 Å². The van der Waals surface area contributed by atoms with Crippen molar-refractivity contribution in [2.75, 3.05) is 6.54 Å². The smallest absolute Gasteiger partial charge is 0.261 e. The van der Waals surface area contributed by atoms with Crippen molar-refractivity contribution in [1.82, 2.24) is 10.2 Å². The molecule has 0 bridgehead atoms. The van der Waals surface area contributed by atoms with Gasteiger partial charge in [0.15, 0.2) is 0 Å². The minimum atomic E-state index is -0.423. The Morgan fingerprint density at radius 3 is 2.47 bits per heavy atom. The van der Waals surface area contributed by atoms with Crippen LogP contribution in [0.5, 0.6) is 0 Å². The molecule has 0 spiro atoms. The average Bonchev–Trinajstić information content (AvgIpc) is 3.33. The van der Waals surface area contributed by atoms with E-state index < -0.39 is 6.04 Å². The van der Waals surface area contributed by atoms with Crippen LogP contribution >= 0.6 is 11.8 Å². The first-order valence-corrected chi connectivity index (χ1v) is 12.0. The number of imide groups is 1. The fraction of sp³-hybridized carbons (Fsp3) is 0.185. The van der Waals surface area contributed by atoms with Crippen molar-refractivity contribution < 1.29 is 18.4 Å². The van der Waals surface area contributed by atoms with Gasteiger partial charge in [0.1, 0.15) is 17.2 Å². The largest absolute Gasteiger partial charge is 0.459 e. The van der Waals surface area contributed by atoms with Crippen molar-refractivity contribution in [1.29, 1.82) is 0 Å². The van der Waals surface area contributed by atoms with E-state index in [0.29, 0.717) is 11.1 Å². The van der Waals surface area contributed by atoms with E-state index in [-0.39, 0.29) is 23.7 Å². The van der Waals surface area contributed by atoms with Gasteiger partial charge >= 0.3 is 0 Å². The van der Waals surface area contributed by atoms with Crippen LogP contribution in [0, 0.1) is 5.82 Å². The highest BCUT2D eigenvalue weighted by molar-refractivity contribution is 7.99. The summed E-state index contributed by atoms with van der Waals surface area (Å²) in [6.07, 6.45) is 0.796. The molecule has 2 unspecified atom stereocenters. The number of carbonyl (C=O) groups is 2. The van der Waals surface area contributed by atoms with E-state index in [0.717, 1.165) is 45.0 Å². The lowest BCUT2D eigenvalue weighted by atomic mass is 9.95. The highest BCUT2D eigenvalue weighted by Gasteiger charge is 2.43. The van der Waals surface area contributed by atoms with Crippen LogP contribution in [0.1, 0.15) is 45.0 Å². The molecule has 34 heavy (non-hydrogen) atoms. The minimum Gasteiger partial charge on any atom is -0.459 e. The molecule has 0 aliphatic carbocycles. The Kier molecular flexibility index (Phi) is 5.04. The first kappa shape index (κ1) is 21.1. The summed E-state index contributed by atoms with van der Waals surface area (Å²) in [7, 11) is 0. The summed E-state index contributed by atoms with van der Waals surface area (Å²) < 4.78 is 19.9. The van der Waals surface area contributed by atoms with Gasteiger partial charge in [-0.3, -0.25) is 14.5 Å². The van der Waals surface area contributed by atoms with E-state index in [9.17, 15) is 14.0 Å². The van der Waals surface area contributed by atoms with Gasteiger partial charge in [0.25, 0.3) is 11.8 Å². The maximum absolute atomic E-state index is 13.6. The lowest BCUT2D eigenvalue weighted by Gasteiger charge is -2.32. The molecular formula is C27H21FN2O3S. The Morgan fingerprint density at radius 2 is 1.74 bits per heavy atom. The number of hydrogen-bond acceptors (Lipinski definition) is 5. The minimum absolute atomic E-state index is 0.268. The Morgan fingerprint density at radius 1 is 1.00 bits per heavy atom. The van der Waals surface area contributed by atoms with E-state index in [1.165, 1.54) is 28.8 Å². The molecule has 0 radical (unpaired) electrons. The van der Waals surface area contributed by atoms with E-state index in [2.05, 4.69) is 5.32 Å². The molecule has 2 aliphatic heterocycles. The van der Waals surface area contributed by atoms with E-state index in [4.69, 9.17) is 4.42 Å². The molecule has 0 saturated heterocycles. The first-order valence-electron chi connectivity index (χ1n) is 11.2. The number of nitrogens with one attached hydrogen (secondary N) is 1. The third-order valence-corrected chi connectivity index (χ3v) is 7.54. The number of nitrogens with zero attached hydrogens (tertiary/aromatic N) is 1. The molecule has 1 aromatic heterocycles. The summed E-state index contributed by atoms with van der Waals surface area (Å²) in [6, 6.07) is 18.7. The van der Waals surface area contributed by atoms with Gasteiger partial charge in [-0.2, -0.15) is 0 Å². The predicted octanol–water partition coefficient (Wildman–Crippen LogP) is 5.59. The normalized spacial score (nSPS) is 18.3. The maximum atomic E-state index is 13.6. The van der Waals surface area contributed by atoms with Gasteiger partial charge in [-0.15, -0.1) is 0 Å². The number of furan rings is 1.